The van der Waals surface area contributed by atoms with Crippen LogP contribution in [0.25, 0.3) is 0 Å². The van der Waals surface area contributed by atoms with Gasteiger partial charge in [-0.25, -0.2) is 0 Å². The zero-order chi connectivity index (χ0) is 13.5. The van der Waals surface area contributed by atoms with Gasteiger partial charge in [0.05, 0.1) is 4.92 Å². The first kappa shape index (κ1) is 14.2. The molecule has 0 radical (unpaired) electrons. The second kappa shape index (κ2) is 6.74. The standard InChI is InChI=1S/C13H18N2O3/c1-3-4-5-8-14-13(16)11-7-6-10(2)12(9-11)15(17)18/h6-7,9H,3-5,8H2,1-2H3,(H,14,16). The van der Waals surface area contributed by atoms with E-state index in [1.807, 2.05) is 0 Å². The Morgan fingerprint density at radius 1 is 1.39 bits per heavy atom. The lowest BCUT2D eigenvalue weighted by atomic mass is 10.1. The average molecular weight is 250 g/mol. The van der Waals surface area contributed by atoms with Crippen molar-refractivity contribution in [2.75, 3.05) is 6.54 Å². The Morgan fingerprint density at radius 3 is 2.72 bits per heavy atom. The highest BCUT2D eigenvalue weighted by atomic mass is 16.6. The van der Waals surface area contributed by atoms with Crippen LogP contribution in [0.4, 0.5) is 5.69 Å². The van der Waals surface area contributed by atoms with E-state index in [1.165, 1.54) is 6.07 Å². The van der Waals surface area contributed by atoms with Gasteiger partial charge in [0.25, 0.3) is 11.6 Å². The lowest BCUT2D eigenvalue weighted by Crippen LogP contribution is -2.24. The van der Waals surface area contributed by atoms with Crippen molar-refractivity contribution in [1.29, 1.82) is 0 Å². The van der Waals surface area contributed by atoms with Gasteiger partial charge in [-0.05, 0) is 19.4 Å². The molecule has 0 aromatic heterocycles. The fraction of sp³-hybridized carbons (Fsp3) is 0.462. The van der Waals surface area contributed by atoms with Gasteiger partial charge in [0.15, 0.2) is 0 Å². The van der Waals surface area contributed by atoms with Crippen LogP contribution in [-0.2, 0) is 0 Å². The molecule has 0 unspecified atom stereocenters. The molecule has 0 saturated heterocycles. The molecular weight excluding hydrogens is 232 g/mol. The van der Waals surface area contributed by atoms with E-state index in [2.05, 4.69) is 12.2 Å². The molecule has 1 N–H and O–H groups in total. The second-order valence-electron chi connectivity index (χ2n) is 4.22. The predicted octanol–water partition coefficient (Wildman–Crippen LogP) is 2.82. The highest BCUT2D eigenvalue weighted by molar-refractivity contribution is 5.94. The summed E-state index contributed by atoms with van der Waals surface area (Å²) in [5.41, 5.74) is 0.877. The molecule has 0 fully saturated rings. The number of aryl methyl sites for hydroxylation is 1. The van der Waals surface area contributed by atoms with Crippen LogP contribution >= 0.6 is 0 Å². The Bertz CT molecular complexity index is 444. The molecule has 0 aliphatic heterocycles. The number of nitrogens with one attached hydrogen (secondary N) is 1. The summed E-state index contributed by atoms with van der Waals surface area (Å²) in [5.74, 6) is -0.255. The van der Waals surface area contributed by atoms with E-state index in [0.717, 1.165) is 19.3 Å². The maximum Gasteiger partial charge on any atom is 0.273 e. The Labute approximate surface area is 106 Å². The van der Waals surface area contributed by atoms with Crippen molar-refractivity contribution in [3.8, 4) is 0 Å². The van der Waals surface area contributed by atoms with Crippen LogP contribution in [0.5, 0.6) is 0 Å². The molecule has 1 aromatic carbocycles. The van der Waals surface area contributed by atoms with Crippen LogP contribution in [0.15, 0.2) is 18.2 Å². The lowest BCUT2D eigenvalue weighted by Gasteiger charge is -2.05. The summed E-state index contributed by atoms with van der Waals surface area (Å²) in [7, 11) is 0. The minimum atomic E-state index is -0.469. The topological polar surface area (TPSA) is 72.2 Å². The van der Waals surface area contributed by atoms with E-state index >= 15 is 0 Å². The molecule has 0 aliphatic carbocycles. The van der Waals surface area contributed by atoms with Gasteiger partial charge in [-0.3, -0.25) is 14.9 Å². The molecule has 0 heterocycles. The maximum atomic E-state index is 11.8. The first-order chi connectivity index (χ1) is 8.56. The van der Waals surface area contributed by atoms with Crippen molar-refractivity contribution < 1.29 is 9.72 Å². The van der Waals surface area contributed by atoms with Crippen LogP contribution in [0.3, 0.4) is 0 Å². The summed E-state index contributed by atoms with van der Waals surface area (Å²) in [6, 6.07) is 4.53. The third kappa shape index (κ3) is 3.84. The van der Waals surface area contributed by atoms with Gasteiger partial charge >= 0.3 is 0 Å². The number of hydrogen-bond acceptors (Lipinski definition) is 3. The average Bonchev–Trinajstić information content (AvgIpc) is 2.34. The summed E-state index contributed by atoms with van der Waals surface area (Å²) in [6.07, 6.45) is 3.08. The largest absolute Gasteiger partial charge is 0.352 e. The number of carbonyl (C=O) groups is 1. The molecule has 98 valence electrons. The number of amides is 1. The number of nitro groups is 1. The zero-order valence-electron chi connectivity index (χ0n) is 10.7. The van der Waals surface area contributed by atoms with Crippen molar-refractivity contribution in [1.82, 2.24) is 5.32 Å². The molecule has 5 heteroatoms. The molecular formula is C13H18N2O3. The van der Waals surface area contributed by atoms with Crippen LogP contribution < -0.4 is 5.32 Å². The quantitative estimate of drug-likeness (QED) is 0.479. The molecule has 0 bridgehead atoms. The van der Waals surface area contributed by atoms with Crippen molar-refractivity contribution in [3.05, 3.63) is 39.4 Å². The van der Waals surface area contributed by atoms with Gasteiger partial charge in [0.2, 0.25) is 0 Å². The fourth-order valence-electron chi connectivity index (χ4n) is 1.63. The molecule has 5 nitrogen and oxygen atoms in total. The SMILES string of the molecule is CCCCCNC(=O)c1ccc(C)c([N+](=O)[O-])c1. The number of unbranched alkanes of at least 4 members (excludes halogenated alkanes) is 2. The van der Waals surface area contributed by atoms with Gasteiger partial charge in [0, 0.05) is 23.7 Å². The number of carbonyl (C=O) groups excluding carboxylic acids is 1. The number of nitro benzene ring substituents is 1. The van der Waals surface area contributed by atoms with E-state index in [0.29, 0.717) is 17.7 Å². The number of benzene rings is 1. The number of hydrogen-bond donors (Lipinski definition) is 1. The molecule has 0 atom stereocenters. The van der Waals surface area contributed by atoms with E-state index in [4.69, 9.17) is 0 Å². The zero-order valence-corrected chi connectivity index (χ0v) is 10.7. The van der Waals surface area contributed by atoms with E-state index < -0.39 is 4.92 Å². The summed E-state index contributed by atoms with van der Waals surface area (Å²) in [6.45, 7) is 4.35. The first-order valence-corrected chi connectivity index (χ1v) is 6.09. The second-order valence-corrected chi connectivity index (χ2v) is 4.22. The van der Waals surface area contributed by atoms with Crippen LogP contribution in [0.1, 0.15) is 42.1 Å². The third-order valence-electron chi connectivity index (χ3n) is 2.73. The van der Waals surface area contributed by atoms with E-state index in [-0.39, 0.29) is 11.6 Å². The molecule has 18 heavy (non-hydrogen) atoms. The Morgan fingerprint density at radius 2 is 2.11 bits per heavy atom. The van der Waals surface area contributed by atoms with Crippen LogP contribution in [0, 0.1) is 17.0 Å². The Hall–Kier alpha value is -1.91. The maximum absolute atomic E-state index is 11.8. The van der Waals surface area contributed by atoms with E-state index in [1.54, 1.807) is 19.1 Å². The summed E-state index contributed by atoms with van der Waals surface area (Å²) in [5, 5.41) is 13.5. The number of nitrogens with zero attached hydrogens (tertiary/aromatic N) is 1. The van der Waals surface area contributed by atoms with Crippen molar-refractivity contribution in [2.24, 2.45) is 0 Å². The van der Waals surface area contributed by atoms with Crippen molar-refractivity contribution in [2.45, 2.75) is 33.1 Å². The van der Waals surface area contributed by atoms with Gasteiger partial charge in [-0.1, -0.05) is 25.8 Å². The minimum absolute atomic E-state index is 0.0174. The van der Waals surface area contributed by atoms with Gasteiger partial charge in [0.1, 0.15) is 0 Å². The summed E-state index contributed by atoms with van der Waals surface area (Å²) >= 11 is 0. The Balaban J connectivity index is 2.68. The third-order valence-corrected chi connectivity index (χ3v) is 2.73. The van der Waals surface area contributed by atoms with Crippen LogP contribution in [-0.4, -0.2) is 17.4 Å². The molecule has 1 amide bonds. The monoisotopic (exact) mass is 250 g/mol. The van der Waals surface area contributed by atoms with Gasteiger partial charge in [-0.15, -0.1) is 0 Å². The Kier molecular flexibility index (Phi) is 5.30. The van der Waals surface area contributed by atoms with Gasteiger partial charge in [-0.2, -0.15) is 0 Å². The van der Waals surface area contributed by atoms with Crippen LogP contribution in [0.2, 0.25) is 0 Å². The van der Waals surface area contributed by atoms with E-state index in [9.17, 15) is 14.9 Å². The normalized spacial score (nSPS) is 10.1. The highest BCUT2D eigenvalue weighted by Gasteiger charge is 2.14. The number of rotatable bonds is 6. The predicted molar refractivity (Wildman–Crippen MR) is 69.7 cm³/mol. The first-order valence-electron chi connectivity index (χ1n) is 6.09. The minimum Gasteiger partial charge on any atom is -0.352 e. The summed E-state index contributed by atoms with van der Waals surface area (Å²) < 4.78 is 0. The molecule has 1 aromatic rings. The van der Waals surface area contributed by atoms with Gasteiger partial charge < -0.3 is 5.32 Å². The molecule has 0 saturated carbocycles. The van der Waals surface area contributed by atoms with Crippen molar-refractivity contribution in [3.63, 3.8) is 0 Å². The molecule has 0 aliphatic rings. The smallest absolute Gasteiger partial charge is 0.273 e. The fourth-order valence-corrected chi connectivity index (χ4v) is 1.63. The molecule has 1 rings (SSSR count). The summed E-state index contributed by atoms with van der Waals surface area (Å²) in [4.78, 5) is 22.1. The highest BCUT2D eigenvalue weighted by Crippen LogP contribution is 2.19. The van der Waals surface area contributed by atoms with Crippen molar-refractivity contribution >= 4 is 11.6 Å². The molecule has 0 spiro atoms. The lowest BCUT2D eigenvalue weighted by molar-refractivity contribution is -0.385.